The Labute approximate surface area is 137 Å². The van der Waals surface area contributed by atoms with E-state index in [2.05, 4.69) is 39.4 Å². The molecule has 1 aromatic carbocycles. The van der Waals surface area contributed by atoms with Crippen LogP contribution >= 0.6 is 0 Å². The van der Waals surface area contributed by atoms with Gasteiger partial charge in [-0.2, -0.15) is 0 Å². The van der Waals surface area contributed by atoms with Gasteiger partial charge in [0.2, 0.25) is 0 Å². The number of aryl methyl sites for hydroxylation is 1. The number of methoxy groups -OCH3 is 1. The van der Waals surface area contributed by atoms with Gasteiger partial charge in [-0.3, -0.25) is 0 Å². The number of aliphatic imine (C=N–C) groups is 1. The molecule has 0 aliphatic rings. The van der Waals surface area contributed by atoms with Crippen LogP contribution in [0.25, 0.3) is 0 Å². The summed E-state index contributed by atoms with van der Waals surface area (Å²) >= 11 is 0. The molecule has 0 saturated heterocycles. The zero-order valence-electron chi connectivity index (χ0n) is 14.2. The molecule has 1 aromatic heterocycles. The van der Waals surface area contributed by atoms with E-state index in [1.54, 1.807) is 7.11 Å². The maximum absolute atomic E-state index is 5.18. The molecule has 124 valence electrons. The van der Waals surface area contributed by atoms with Crippen LogP contribution in [0.3, 0.4) is 0 Å². The van der Waals surface area contributed by atoms with Crippen molar-refractivity contribution in [1.29, 1.82) is 0 Å². The number of aromatic nitrogens is 1. The summed E-state index contributed by atoms with van der Waals surface area (Å²) in [4.78, 5) is 6.69. The fourth-order valence-corrected chi connectivity index (χ4v) is 2.20. The Hall–Kier alpha value is -2.50. The highest BCUT2D eigenvalue weighted by molar-refractivity contribution is 5.79. The normalized spacial score (nSPS) is 11.4. The molecule has 23 heavy (non-hydrogen) atoms. The van der Waals surface area contributed by atoms with Gasteiger partial charge >= 0.3 is 0 Å². The number of ether oxygens (including phenoxy) is 1. The summed E-state index contributed by atoms with van der Waals surface area (Å²) in [6.45, 7) is 5.99. The van der Waals surface area contributed by atoms with Crippen LogP contribution < -0.4 is 10.1 Å². The number of hydrogen-bond acceptors (Lipinski definition) is 4. The Kier molecular flexibility index (Phi) is 6.02. The molecule has 0 fully saturated rings. The smallest absolute Gasteiger partial charge is 0.194 e. The lowest BCUT2D eigenvalue weighted by molar-refractivity contribution is 0.390. The van der Waals surface area contributed by atoms with Gasteiger partial charge in [-0.25, -0.2) is 4.99 Å². The average molecular weight is 316 g/mol. The number of benzene rings is 1. The minimum atomic E-state index is 0.493. The molecule has 0 saturated carbocycles. The van der Waals surface area contributed by atoms with E-state index in [0.717, 1.165) is 36.3 Å². The van der Waals surface area contributed by atoms with Gasteiger partial charge in [0.15, 0.2) is 5.96 Å². The lowest BCUT2D eigenvalue weighted by Crippen LogP contribution is -2.38. The van der Waals surface area contributed by atoms with Gasteiger partial charge in [0.05, 0.1) is 13.7 Å². The van der Waals surface area contributed by atoms with E-state index >= 15 is 0 Å². The molecule has 1 N–H and O–H groups in total. The fraction of sp³-hybridized carbons (Fsp3) is 0.412. The fourth-order valence-electron chi connectivity index (χ4n) is 2.20. The van der Waals surface area contributed by atoms with Crippen molar-refractivity contribution in [2.75, 3.05) is 20.7 Å². The zero-order valence-corrected chi connectivity index (χ0v) is 14.2. The first-order valence-electron chi connectivity index (χ1n) is 7.67. The largest absolute Gasteiger partial charge is 0.497 e. The molecule has 6 heteroatoms. The molecule has 0 aliphatic heterocycles. The van der Waals surface area contributed by atoms with Crippen molar-refractivity contribution in [2.45, 2.75) is 26.9 Å². The maximum atomic E-state index is 5.18. The Morgan fingerprint density at radius 2 is 2.09 bits per heavy atom. The topological polar surface area (TPSA) is 62.9 Å². The first-order valence-corrected chi connectivity index (χ1v) is 7.67. The Bertz CT molecular complexity index is 634. The summed E-state index contributed by atoms with van der Waals surface area (Å²) in [5.74, 6) is 2.49. The van der Waals surface area contributed by atoms with E-state index in [4.69, 9.17) is 9.26 Å². The Morgan fingerprint density at radius 1 is 1.35 bits per heavy atom. The molecule has 0 unspecified atom stereocenters. The van der Waals surface area contributed by atoms with Crippen LogP contribution in [0.15, 0.2) is 39.8 Å². The highest BCUT2D eigenvalue weighted by Gasteiger charge is 2.08. The molecule has 0 amide bonds. The van der Waals surface area contributed by atoms with Gasteiger partial charge in [-0.1, -0.05) is 17.3 Å². The quantitative estimate of drug-likeness (QED) is 0.655. The van der Waals surface area contributed by atoms with E-state index in [0.29, 0.717) is 6.54 Å². The highest BCUT2D eigenvalue weighted by Crippen LogP contribution is 2.12. The minimum Gasteiger partial charge on any atom is -0.497 e. The van der Waals surface area contributed by atoms with Crippen LogP contribution in [0.5, 0.6) is 5.75 Å². The third kappa shape index (κ3) is 5.02. The van der Waals surface area contributed by atoms with Crippen LogP contribution in [0.4, 0.5) is 0 Å². The van der Waals surface area contributed by atoms with E-state index < -0.39 is 0 Å². The minimum absolute atomic E-state index is 0.493. The predicted molar refractivity (Wildman–Crippen MR) is 90.5 cm³/mol. The van der Waals surface area contributed by atoms with E-state index in [1.807, 2.05) is 32.2 Å². The number of rotatable bonds is 6. The third-order valence-corrected chi connectivity index (χ3v) is 3.34. The summed E-state index contributed by atoms with van der Waals surface area (Å²) in [5, 5.41) is 7.26. The summed E-state index contributed by atoms with van der Waals surface area (Å²) in [7, 11) is 3.68. The van der Waals surface area contributed by atoms with Gasteiger partial charge in [0, 0.05) is 26.2 Å². The Morgan fingerprint density at radius 3 is 2.65 bits per heavy atom. The van der Waals surface area contributed by atoms with Crippen molar-refractivity contribution in [1.82, 2.24) is 15.4 Å². The van der Waals surface area contributed by atoms with Crippen molar-refractivity contribution in [2.24, 2.45) is 4.99 Å². The standard InChI is InChI=1S/C17H24N4O2/c1-5-18-17(19-11-15-10-13(2)23-20-15)21(3)12-14-6-8-16(22-4)9-7-14/h6-10H,5,11-12H2,1-4H3,(H,18,19). The van der Waals surface area contributed by atoms with E-state index in [9.17, 15) is 0 Å². The van der Waals surface area contributed by atoms with Gasteiger partial charge in [0.1, 0.15) is 17.2 Å². The molecule has 2 rings (SSSR count). The first-order chi connectivity index (χ1) is 11.1. The highest BCUT2D eigenvalue weighted by atomic mass is 16.5. The molecule has 0 bridgehead atoms. The third-order valence-electron chi connectivity index (χ3n) is 3.34. The number of nitrogens with one attached hydrogen (secondary N) is 1. The van der Waals surface area contributed by atoms with Crippen LogP contribution in [0, 0.1) is 6.92 Å². The second-order valence-electron chi connectivity index (χ2n) is 5.30. The number of nitrogens with zero attached hydrogens (tertiary/aromatic N) is 3. The van der Waals surface area contributed by atoms with Gasteiger partial charge in [-0.15, -0.1) is 0 Å². The molecule has 6 nitrogen and oxygen atoms in total. The lowest BCUT2D eigenvalue weighted by Gasteiger charge is -2.22. The molecule has 2 aromatic rings. The summed E-state index contributed by atoms with van der Waals surface area (Å²) in [6.07, 6.45) is 0. The van der Waals surface area contributed by atoms with Crippen LogP contribution in [-0.2, 0) is 13.1 Å². The maximum Gasteiger partial charge on any atom is 0.194 e. The van der Waals surface area contributed by atoms with Crippen LogP contribution in [0.1, 0.15) is 23.9 Å². The second-order valence-corrected chi connectivity index (χ2v) is 5.30. The lowest BCUT2D eigenvalue weighted by atomic mass is 10.2. The molecule has 0 spiro atoms. The van der Waals surface area contributed by atoms with Crippen LogP contribution in [-0.4, -0.2) is 36.7 Å². The van der Waals surface area contributed by atoms with Crippen molar-refractivity contribution >= 4 is 5.96 Å². The van der Waals surface area contributed by atoms with E-state index in [1.165, 1.54) is 5.56 Å². The zero-order chi connectivity index (χ0) is 16.7. The van der Waals surface area contributed by atoms with E-state index in [-0.39, 0.29) is 0 Å². The SMILES string of the molecule is CCNC(=NCc1cc(C)on1)N(C)Cc1ccc(OC)cc1. The van der Waals surface area contributed by atoms with Crippen molar-refractivity contribution in [3.8, 4) is 5.75 Å². The predicted octanol–water partition coefficient (Wildman–Crippen LogP) is 2.59. The number of hydrogen-bond donors (Lipinski definition) is 1. The Balaban J connectivity index is 2.02. The van der Waals surface area contributed by atoms with Crippen molar-refractivity contribution < 1.29 is 9.26 Å². The monoisotopic (exact) mass is 316 g/mol. The van der Waals surface area contributed by atoms with Gasteiger partial charge < -0.3 is 19.5 Å². The molecule has 0 atom stereocenters. The summed E-state index contributed by atoms with van der Waals surface area (Å²) in [5.41, 5.74) is 2.02. The van der Waals surface area contributed by atoms with Crippen molar-refractivity contribution in [3.05, 3.63) is 47.3 Å². The summed E-state index contributed by atoms with van der Waals surface area (Å²) in [6, 6.07) is 9.94. The van der Waals surface area contributed by atoms with Crippen molar-refractivity contribution in [3.63, 3.8) is 0 Å². The van der Waals surface area contributed by atoms with Gasteiger partial charge in [-0.05, 0) is 31.5 Å². The molecule has 1 heterocycles. The second kappa shape index (κ2) is 8.22. The average Bonchev–Trinajstić information content (AvgIpc) is 2.97. The molecule has 0 aliphatic carbocycles. The van der Waals surface area contributed by atoms with Crippen LogP contribution in [0.2, 0.25) is 0 Å². The van der Waals surface area contributed by atoms with Gasteiger partial charge in [0.25, 0.3) is 0 Å². The molecular formula is C17H24N4O2. The number of guanidine groups is 1. The first kappa shape index (κ1) is 16.9. The molecule has 0 radical (unpaired) electrons. The summed E-state index contributed by atoms with van der Waals surface area (Å²) < 4.78 is 10.3. The molecular weight excluding hydrogens is 292 g/mol.